The summed E-state index contributed by atoms with van der Waals surface area (Å²) in [5, 5.41) is 42.2. The number of aliphatic hydroxyl groups is 1. The molecule has 0 spiro atoms. The Hall–Kier alpha value is -3.91. The molecule has 0 bridgehead atoms. The van der Waals surface area contributed by atoms with E-state index in [-0.39, 0.29) is 30.8 Å². The van der Waals surface area contributed by atoms with Crippen molar-refractivity contribution in [1.82, 2.24) is 4.98 Å². The lowest BCUT2D eigenvalue weighted by Gasteiger charge is -2.04. The molecule has 0 radical (unpaired) electrons. The van der Waals surface area contributed by atoms with Crippen molar-refractivity contribution in [1.29, 1.82) is 0 Å². The van der Waals surface area contributed by atoms with E-state index in [1.165, 1.54) is 6.20 Å². The summed E-state index contributed by atoms with van der Waals surface area (Å²) in [6.45, 7) is 1.29. The normalized spacial score (nSPS) is 10.3. The average molecular weight is 459 g/mol. The van der Waals surface area contributed by atoms with Crippen LogP contribution in [0.15, 0.2) is 6.20 Å². The lowest BCUT2D eigenvalue weighted by Crippen LogP contribution is -2.31. The van der Waals surface area contributed by atoms with Crippen molar-refractivity contribution in [3.63, 3.8) is 0 Å². The average Bonchev–Trinajstić information content (AvgIpc) is 2.72. The number of hydrogen-bond donors (Lipinski definition) is 7. The van der Waals surface area contributed by atoms with Crippen molar-refractivity contribution >= 4 is 35.9 Å². The first-order valence-corrected chi connectivity index (χ1v) is 8.76. The van der Waals surface area contributed by atoms with Gasteiger partial charge in [-0.1, -0.05) is 0 Å². The van der Waals surface area contributed by atoms with Gasteiger partial charge in [0.1, 0.15) is 11.8 Å². The lowest BCUT2D eigenvalue weighted by molar-refractivity contribution is -0.149. The molecule has 32 heavy (non-hydrogen) atoms. The molecule has 178 valence electrons. The third kappa shape index (κ3) is 13.3. The van der Waals surface area contributed by atoms with Crippen molar-refractivity contribution in [2.45, 2.75) is 45.3 Å². The number of primary amides is 1. The highest BCUT2D eigenvalue weighted by Crippen LogP contribution is 2.21. The molecule has 0 aliphatic rings. The van der Waals surface area contributed by atoms with Gasteiger partial charge in [0.2, 0.25) is 11.7 Å². The van der Waals surface area contributed by atoms with Crippen LogP contribution in [-0.2, 0) is 30.6 Å². The largest absolute Gasteiger partial charge is 0.505 e. The number of rotatable bonds is 10. The number of carbonyl (C=O) groups excluding carboxylic acids is 3. The molecular weight excluding hydrogens is 434 g/mol. The minimum atomic E-state index is -1.58. The van der Waals surface area contributed by atoms with Crippen LogP contribution in [0.3, 0.4) is 0 Å². The van der Waals surface area contributed by atoms with Crippen LogP contribution in [0.2, 0.25) is 0 Å². The van der Waals surface area contributed by atoms with Crippen LogP contribution in [0.4, 0.5) is 0 Å². The zero-order chi connectivity index (χ0) is 25.4. The number of nitrogens with zero attached hydrogens (tertiary/aromatic N) is 1. The SMILES string of the molecule is Cc1ncc(CO)c(C=O)c1O.NC(=O)CC[C@H](N)C(=O)O.O=C(O)CCC(=O)C(=O)O. The Morgan fingerprint density at radius 3 is 2.03 bits per heavy atom. The number of aromatic nitrogens is 1. The van der Waals surface area contributed by atoms with Crippen LogP contribution < -0.4 is 11.5 Å². The van der Waals surface area contributed by atoms with Crippen molar-refractivity contribution in [3.05, 3.63) is 23.0 Å². The summed E-state index contributed by atoms with van der Waals surface area (Å²) in [5.41, 5.74) is 10.7. The van der Waals surface area contributed by atoms with Gasteiger partial charge in [0.05, 0.1) is 24.3 Å². The van der Waals surface area contributed by atoms with Crippen molar-refractivity contribution < 1.29 is 54.3 Å². The molecule has 1 aromatic rings. The highest BCUT2D eigenvalue weighted by Gasteiger charge is 2.12. The molecule has 14 heteroatoms. The Morgan fingerprint density at radius 1 is 1.09 bits per heavy atom. The summed E-state index contributed by atoms with van der Waals surface area (Å²) in [7, 11) is 0. The van der Waals surface area contributed by atoms with Gasteiger partial charge in [-0.15, -0.1) is 0 Å². The third-order valence-electron chi connectivity index (χ3n) is 3.47. The smallest absolute Gasteiger partial charge is 0.372 e. The number of ketones is 1. The van der Waals surface area contributed by atoms with E-state index in [4.69, 9.17) is 31.9 Å². The van der Waals surface area contributed by atoms with Crippen molar-refractivity contribution in [3.8, 4) is 5.75 Å². The number of aliphatic carboxylic acids is 3. The maximum Gasteiger partial charge on any atom is 0.372 e. The van der Waals surface area contributed by atoms with E-state index in [1.807, 2.05) is 0 Å². The molecule has 0 aliphatic heterocycles. The van der Waals surface area contributed by atoms with Gasteiger partial charge in [-0.3, -0.25) is 29.0 Å². The van der Waals surface area contributed by atoms with Gasteiger partial charge in [0.15, 0.2) is 6.29 Å². The highest BCUT2D eigenvalue weighted by molar-refractivity contribution is 6.32. The Bertz CT molecular complexity index is 840. The summed E-state index contributed by atoms with van der Waals surface area (Å²) < 4.78 is 0. The molecule has 0 saturated carbocycles. The Kier molecular flexibility index (Phi) is 15.0. The molecule has 9 N–H and O–H groups in total. The number of pyridine rings is 1. The topological polar surface area (TPSA) is 268 Å². The quantitative estimate of drug-likeness (QED) is 0.156. The standard InChI is InChI=1S/C8H9NO3.C5H10N2O3.C5H6O5/c1-5-8(12)7(4-11)6(3-10)2-9-5;2*6-3(5(9)10)1-2-4(7)8/h2,4,10,12H,3H2,1H3;3H,1-2,6H2,(H2,7,8)(H,9,10);1-2H2,(H,7,8)(H,9,10)/t;3-;/m.0./s1. The van der Waals surface area contributed by atoms with Crippen LogP contribution in [0.1, 0.15) is 47.3 Å². The van der Waals surface area contributed by atoms with Crippen LogP contribution >= 0.6 is 0 Å². The van der Waals surface area contributed by atoms with E-state index >= 15 is 0 Å². The highest BCUT2D eigenvalue weighted by atomic mass is 16.4. The number of Topliss-reactive ketones (excluding diaryl/α,β-unsaturated/α-hetero) is 1. The number of aryl methyl sites for hydroxylation is 1. The molecular formula is C18H25N3O11. The second kappa shape index (κ2) is 15.9. The van der Waals surface area contributed by atoms with Gasteiger partial charge in [-0.2, -0.15) is 0 Å². The summed E-state index contributed by atoms with van der Waals surface area (Å²) in [6, 6.07) is -0.979. The summed E-state index contributed by atoms with van der Waals surface area (Å²) in [4.78, 5) is 64.1. The molecule has 1 heterocycles. The third-order valence-corrected chi connectivity index (χ3v) is 3.47. The fourth-order valence-corrected chi connectivity index (χ4v) is 1.66. The number of aromatic hydroxyl groups is 1. The molecule has 0 fully saturated rings. The van der Waals surface area contributed by atoms with E-state index in [1.54, 1.807) is 6.92 Å². The molecule has 0 saturated heterocycles. The molecule has 14 nitrogen and oxygen atoms in total. The zero-order valence-electron chi connectivity index (χ0n) is 17.1. The fourth-order valence-electron chi connectivity index (χ4n) is 1.66. The van der Waals surface area contributed by atoms with Gasteiger partial charge >= 0.3 is 17.9 Å². The number of carboxylic acids is 3. The maximum atomic E-state index is 10.5. The predicted octanol–water partition coefficient (Wildman–Crippen LogP) is -1.43. The number of carbonyl (C=O) groups is 6. The predicted molar refractivity (Wildman–Crippen MR) is 106 cm³/mol. The lowest BCUT2D eigenvalue weighted by atomic mass is 10.1. The molecule has 1 aromatic heterocycles. The van der Waals surface area contributed by atoms with E-state index in [2.05, 4.69) is 4.98 Å². The van der Waals surface area contributed by atoms with Crippen LogP contribution in [-0.4, -0.2) is 72.4 Å². The first kappa shape index (κ1) is 30.3. The summed E-state index contributed by atoms with van der Waals surface area (Å²) in [5.74, 6) is -5.62. The first-order chi connectivity index (χ1) is 14.8. The monoisotopic (exact) mass is 459 g/mol. The second-order valence-corrected chi connectivity index (χ2v) is 5.98. The molecule has 0 aliphatic carbocycles. The Labute approximate surface area is 181 Å². The molecule has 1 atom stereocenters. The van der Waals surface area contributed by atoms with Gasteiger partial charge in [0.25, 0.3) is 0 Å². The van der Waals surface area contributed by atoms with Crippen LogP contribution in [0, 0.1) is 6.92 Å². The van der Waals surface area contributed by atoms with Gasteiger partial charge in [0, 0.05) is 24.6 Å². The van der Waals surface area contributed by atoms with Crippen molar-refractivity contribution in [2.24, 2.45) is 11.5 Å². The van der Waals surface area contributed by atoms with Crippen LogP contribution in [0.5, 0.6) is 5.75 Å². The van der Waals surface area contributed by atoms with E-state index < -0.39 is 48.5 Å². The van der Waals surface area contributed by atoms with Gasteiger partial charge < -0.3 is 37.0 Å². The Balaban J connectivity index is 0. The Morgan fingerprint density at radius 2 is 1.66 bits per heavy atom. The number of aliphatic hydroxyl groups excluding tert-OH is 1. The molecule has 0 aromatic carbocycles. The number of hydrogen-bond acceptors (Lipinski definition) is 10. The molecule has 1 amide bonds. The second-order valence-electron chi connectivity index (χ2n) is 5.98. The van der Waals surface area contributed by atoms with Gasteiger partial charge in [-0.25, -0.2) is 4.79 Å². The number of carboxylic acid groups (broad SMARTS) is 3. The van der Waals surface area contributed by atoms with Crippen LogP contribution in [0.25, 0.3) is 0 Å². The van der Waals surface area contributed by atoms with E-state index in [0.717, 1.165) is 0 Å². The number of aldehydes is 1. The van der Waals surface area contributed by atoms with E-state index in [9.17, 15) is 33.9 Å². The van der Waals surface area contributed by atoms with Gasteiger partial charge in [-0.05, 0) is 13.3 Å². The minimum Gasteiger partial charge on any atom is -0.505 e. The number of nitrogens with two attached hydrogens (primary N) is 2. The maximum absolute atomic E-state index is 10.5. The first-order valence-electron chi connectivity index (χ1n) is 8.76. The number of amides is 1. The fraction of sp³-hybridized carbons (Fsp3) is 0.389. The molecule has 1 rings (SSSR count). The van der Waals surface area contributed by atoms with E-state index in [0.29, 0.717) is 17.5 Å². The zero-order valence-corrected chi connectivity index (χ0v) is 17.1. The summed E-state index contributed by atoms with van der Waals surface area (Å²) >= 11 is 0. The van der Waals surface area contributed by atoms with Crippen molar-refractivity contribution in [2.75, 3.05) is 0 Å². The minimum absolute atomic E-state index is 0.0213. The molecule has 0 unspecified atom stereocenters. The summed E-state index contributed by atoms with van der Waals surface area (Å²) in [6.07, 6.45) is 1.14.